The van der Waals surface area contributed by atoms with Gasteiger partial charge in [-0.05, 0) is 37.3 Å². The number of aryl methyl sites for hydroxylation is 1. The van der Waals surface area contributed by atoms with E-state index >= 15 is 0 Å². The van der Waals surface area contributed by atoms with E-state index in [0.29, 0.717) is 17.1 Å². The van der Waals surface area contributed by atoms with E-state index in [9.17, 15) is 18.0 Å². The monoisotopic (exact) mass is 375 g/mol. The van der Waals surface area contributed by atoms with E-state index in [2.05, 4.69) is 10.6 Å². The Morgan fingerprint density at radius 1 is 1.00 bits per heavy atom. The minimum Gasteiger partial charge on any atom is -0.326 e. The van der Waals surface area contributed by atoms with Gasteiger partial charge < -0.3 is 10.6 Å². The van der Waals surface area contributed by atoms with Crippen molar-refractivity contribution in [3.05, 3.63) is 54.1 Å². The van der Waals surface area contributed by atoms with Crippen LogP contribution in [0, 0.1) is 6.92 Å². The molecule has 0 aliphatic heterocycles. The highest BCUT2D eigenvalue weighted by Gasteiger charge is 2.20. The van der Waals surface area contributed by atoms with E-state index in [-0.39, 0.29) is 12.5 Å². The zero-order valence-electron chi connectivity index (χ0n) is 14.8. The standard InChI is InChI=1S/C18H21N3O4S/c1-13-7-9-17(10-8-13)21(26(3,24)25)12-18(23)20-16-6-4-5-15(11-16)19-14(2)22/h4-11H,12H2,1-3H3,(H,19,22)(H,20,23). The lowest BCUT2D eigenvalue weighted by atomic mass is 10.2. The number of sulfonamides is 1. The molecule has 0 saturated carbocycles. The molecule has 2 N–H and O–H groups in total. The summed E-state index contributed by atoms with van der Waals surface area (Å²) in [5.74, 6) is -0.716. The Balaban J connectivity index is 2.15. The summed E-state index contributed by atoms with van der Waals surface area (Å²) in [7, 11) is -3.63. The van der Waals surface area contributed by atoms with E-state index in [1.807, 2.05) is 6.92 Å². The van der Waals surface area contributed by atoms with Crippen LogP contribution in [0.3, 0.4) is 0 Å². The first-order valence-electron chi connectivity index (χ1n) is 7.87. The summed E-state index contributed by atoms with van der Waals surface area (Å²) in [6, 6.07) is 13.5. The summed E-state index contributed by atoms with van der Waals surface area (Å²) in [6.07, 6.45) is 1.05. The Morgan fingerprint density at radius 2 is 1.58 bits per heavy atom. The Hall–Kier alpha value is -2.87. The number of amides is 2. The molecule has 2 aromatic carbocycles. The SMILES string of the molecule is CC(=O)Nc1cccc(NC(=O)CN(c2ccc(C)cc2)S(C)(=O)=O)c1. The predicted octanol–water partition coefficient (Wildman–Crippen LogP) is 2.36. The molecule has 138 valence electrons. The van der Waals surface area contributed by atoms with Crippen LogP contribution in [0.2, 0.25) is 0 Å². The zero-order valence-corrected chi connectivity index (χ0v) is 15.6. The molecule has 0 aliphatic carbocycles. The van der Waals surface area contributed by atoms with E-state index < -0.39 is 15.9 Å². The van der Waals surface area contributed by atoms with Crippen LogP contribution in [0.1, 0.15) is 12.5 Å². The van der Waals surface area contributed by atoms with Gasteiger partial charge in [-0.2, -0.15) is 0 Å². The Labute approximate surface area is 153 Å². The first-order valence-corrected chi connectivity index (χ1v) is 9.72. The first-order chi connectivity index (χ1) is 12.1. The topological polar surface area (TPSA) is 95.6 Å². The van der Waals surface area contributed by atoms with Gasteiger partial charge in [0, 0.05) is 18.3 Å². The van der Waals surface area contributed by atoms with Gasteiger partial charge in [0.2, 0.25) is 21.8 Å². The molecule has 0 unspecified atom stereocenters. The Morgan fingerprint density at radius 3 is 2.12 bits per heavy atom. The molecule has 0 atom stereocenters. The van der Waals surface area contributed by atoms with Gasteiger partial charge in [0.15, 0.2) is 0 Å². The fourth-order valence-corrected chi connectivity index (χ4v) is 3.18. The first kappa shape index (κ1) is 19.5. The van der Waals surface area contributed by atoms with Crippen molar-refractivity contribution in [2.75, 3.05) is 27.7 Å². The summed E-state index contributed by atoms with van der Waals surface area (Å²) in [5.41, 5.74) is 2.40. The molecule has 0 fully saturated rings. The molecule has 0 bridgehead atoms. The minimum atomic E-state index is -3.63. The van der Waals surface area contributed by atoms with Crippen molar-refractivity contribution in [3.63, 3.8) is 0 Å². The molecule has 0 heterocycles. The summed E-state index contributed by atoms with van der Waals surface area (Å²) in [4.78, 5) is 23.5. The van der Waals surface area contributed by atoms with Gasteiger partial charge >= 0.3 is 0 Å². The highest BCUT2D eigenvalue weighted by molar-refractivity contribution is 7.92. The molecule has 0 saturated heterocycles. The molecule has 2 amide bonds. The third-order valence-electron chi connectivity index (χ3n) is 3.48. The number of nitrogens with one attached hydrogen (secondary N) is 2. The van der Waals surface area contributed by atoms with Crippen LogP contribution in [-0.4, -0.2) is 33.0 Å². The summed E-state index contributed by atoms with van der Waals surface area (Å²) in [5, 5.41) is 5.26. The molecule has 0 aliphatic rings. The number of nitrogens with zero attached hydrogens (tertiary/aromatic N) is 1. The second-order valence-corrected chi connectivity index (χ2v) is 7.82. The van der Waals surface area contributed by atoms with Crippen LogP contribution in [0.5, 0.6) is 0 Å². The number of hydrogen-bond donors (Lipinski definition) is 2. The molecule has 26 heavy (non-hydrogen) atoms. The number of rotatable bonds is 6. The van der Waals surface area contributed by atoms with Gasteiger partial charge in [-0.15, -0.1) is 0 Å². The lowest BCUT2D eigenvalue weighted by Gasteiger charge is -2.22. The molecule has 0 radical (unpaired) electrons. The van der Waals surface area contributed by atoms with E-state index in [1.54, 1.807) is 48.5 Å². The third kappa shape index (κ3) is 5.59. The molecular weight excluding hydrogens is 354 g/mol. The summed E-state index contributed by atoms with van der Waals surface area (Å²) >= 11 is 0. The molecule has 7 nitrogen and oxygen atoms in total. The van der Waals surface area contributed by atoms with Crippen molar-refractivity contribution in [2.45, 2.75) is 13.8 Å². The van der Waals surface area contributed by atoms with E-state index in [1.165, 1.54) is 6.92 Å². The van der Waals surface area contributed by atoms with Crippen molar-refractivity contribution in [2.24, 2.45) is 0 Å². The van der Waals surface area contributed by atoms with E-state index in [0.717, 1.165) is 16.1 Å². The average molecular weight is 375 g/mol. The number of carbonyl (C=O) groups is 2. The van der Waals surface area contributed by atoms with E-state index in [4.69, 9.17) is 0 Å². The predicted molar refractivity (Wildman–Crippen MR) is 103 cm³/mol. The fourth-order valence-electron chi connectivity index (χ4n) is 2.32. The average Bonchev–Trinajstić information content (AvgIpc) is 2.52. The van der Waals surface area contributed by atoms with Crippen molar-refractivity contribution >= 4 is 38.9 Å². The van der Waals surface area contributed by atoms with Gasteiger partial charge in [-0.1, -0.05) is 23.8 Å². The molecular formula is C18H21N3O4S. The maximum atomic E-state index is 12.3. The summed E-state index contributed by atoms with van der Waals surface area (Å²) in [6.45, 7) is 2.92. The highest BCUT2D eigenvalue weighted by atomic mass is 32.2. The van der Waals surface area contributed by atoms with Gasteiger partial charge in [-0.25, -0.2) is 8.42 Å². The smallest absolute Gasteiger partial charge is 0.245 e. The number of hydrogen-bond acceptors (Lipinski definition) is 4. The fraction of sp³-hybridized carbons (Fsp3) is 0.222. The van der Waals surface area contributed by atoms with Gasteiger partial charge in [0.25, 0.3) is 0 Å². The van der Waals surface area contributed by atoms with Crippen LogP contribution in [0.15, 0.2) is 48.5 Å². The van der Waals surface area contributed by atoms with Crippen LogP contribution < -0.4 is 14.9 Å². The highest BCUT2D eigenvalue weighted by Crippen LogP contribution is 2.19. The number of anilines is 3. The minimum absolute atomic E-state index is 0.226. The maximum Gasteiger partial charge on any atom is 0.245 e. The molecule has 0 spiro atoms. The van der Waals surface area contributed by atoms with Crippen LogP contribution in [0.4, 0.5) is 17.1 Å². The number of benzene rings is 2. The van der Waals surface area contributed by atoms with Crippen molar-refractivity contribution in [3.8, 4) is 0 Å². The third-order valence-corrected chi connectivity index (χ3v) is 4.62. The van der Waals surface area contributed by atoms with Crippen molar-refractivity contribution < 1.29 is 18.0 Å². The van der Waals surface area contributed by atoms with Gasteiger partial charge in [-0.3, -0.25) is 13.9 Å². The molecule has 2 rings (SSSR count). The summed E-state index contributed by atoms with van der Waals surface area (Å²) < 4.78 is 25.2. The lowest BCUT2D eigenvalue weighted by molar-refractivity contribution is -0.115. The zero-order chi connectivity index (χ0) is 19.3. The van der Waals surface area contributed by atoms with Gasteiger partial charge in [0.05, 0.1) is 11.9 Å². The van der Waals surface area contributed by atoms with Gasteiger partial charge in [0.1, 0.15) is 6.54 Å². The van der Waals surface area contributed by atoms with Crippen molar-refractivity contribution in [1.82, 2.24) is 0 Å². The molecule has 0 aromatic heterocycles. The van der Waals surface area contributed by atoms with Crippen molar-refractivity contribution in [1.29, 1.82) is 0 Å². The lowest BCUT2D eigenvalue weighted by Crippen LogP contribution is -2.37. The Bertz CT molecular complexity index is 908. The second kappa shape index (κ2) is 8.01. The molecule has 2 aromatic rings. The molecule has 8 heteroatoms. The quantitative estimate of drug-likeness (QED) is 0.810. The number of carbonyl (C=O) groups excluding carboxylic acids is 2. The van der Waals surface area contributed by atoms with Crippen LogP contribution >= 0.6 is 0 Å². The Kier molecular flexibility index (Phi) is 5.99. The largest absolute Gasteiger partial charge is 0.326 e. The normalized spacial score (nSPS) is 10.9. The van der Waals surface area contributed by atoms with Crippen LogP contribution in [-0.2, 0) is 19.6 Å². The second-order valence-electron chi connectivity index (χ2n) is 5.92. The maximum absolute atomic E-state index is 12.3. The van der Waals surface area contributed by atoms with Crippen LogP contribution in [0.25, 0.3) is 0 Å².